The highest BCUT2D eigenvalue weighted by Crippen LogP contribution is 2.15. The minimum Gasteiger partial charge on any atom is -0.398 e. The van der Waals surface area contributed by atoms with E-state index in [0.29, 0.717) is 6.54 Å². The Kier molecular flexibility index (Phi) is 3.53. The summed E-state index contributed by atoms with van der Waals surface area (Å²) in [6.07, 6.45) is 4.91. The highest BCUT2D eigenvalue weighted by atomic mass is 14.6. The number of nitrogens with two attached hydrogens (primary N) is 2. The molecule has 0 saturated heterocycles. The summed E-state index contributed by atoms with van der Waals surface area (Å²) >= 11 is 0. The van der Waals surface area contributed by atoms with E-state index < -0.39 is 0 Å². The van der Waals surface area contributed by atoms with Crippen molar-refractivity contribution in [1.82, 2.24) is 0 Å². The van der Waals surface area contributed by atoms with Crippen LogP contribution in [-0.2, 0) is 6.42 Å². The molecule has 1 aromatic carbocycles. The molecule has 2 heteroatoms. The minimum atomic E-state index is 0.551. The summed E-state index contributed by atoms with van der Waals surface area (Å²) < 4.78 is 0. The predicted octanol–water partition coefficient (Wildman–Crippen LogP) is 1.80. The molecule has 4 N–H and O–H groups in total. The molecule has 13 heavy (non-hydrogen) atoms. The molecule has 0 atom stereocenters. The van der Waals surface area contributed by atoms with Crippen LogP contribution in [0.4, 0.5) is 5.69 Å². The number of aryl methyl sites for hydroxylation is 1. The molecule has 2 nitrogen and oxygen atoms in total. The van der Waals surface area contributed by atoms with Gasteiger partial charge in [-0.25, -0.2) is 0 Å². The van der Waals surface area contributed by atoms with Gasteiger partial charge in [-0.2, -0.15) is 0 Å². The molecule has 0 heterocycles. The maximum absolute atomic E-state index is 5.79. The number of nitrogen functional groups attached to an aromatic ring is 1. The molecular weight excluding hydrogens is 160 g/mol. The number of hydrogen-bond donors (Lipinski definition) is 2. The van der Waals surface area contributed by atoms with Crippen molar-refractivity contribution in [1.29, 1.82) is 0 Å². The van der Waals surface area contributed by atoms with E-state index in [-0.39, 0.29) is 0 Å². The number of anilines is 1. The van der Waals surface area contributed by atoms with Crippen LogP contribution in [0.15, 0.2) is 24.3 Å². The Balaban J connectivity index is 2.97. The van der Waals surface area contributed by atoms with Gasteiger partial charge in [0.05, 0.1) is 0 Å². The first-order valence-electron chi connectivity index (χ1n) is 4.53. The number of benzene rings is 1. The first-order chi connectivity index (χ1) is 6.27. The van der Waals surface area contributed by atoms with E-state index in [1.165, 1.54) is 5.56 Å². The maximum Gasteiger partial charge on any atom is 0.0387 e. The molecule has 1 aromatic rings. The first kappa shape index (κ1) is 9.81. The maximum atomic E-state index is 5.79. The van der Waals surface area contributed by atoms with Crippen LogP contribution in [0.25, 0.3) is 6.08 Å². The second-order valence-electron chi connectivity index (χ2n) is 2.95. The summed E-state index contributed by atoms with van der Waals surface area (Å²) in [4.78, 5) is 0. The lowest BCUT2D eigenvalue weighted by atomic mass is 10.1. The molecule has 0 aliphatic heterocycles. The van der Waals surface area contributed by atoms with E-state index in [1.807, 2.05) is 18.2 Å². The van der Waals surface area contributed by atoms with Gasteiger partial charge in [0.1, 0.15) is 0 Å². The summed E-state index contributed by atoms with van der Waals surface area (Å²) in [5, 5.41) is 0. The van der Waals surface area contributed by atoms with E-state index >= 15 is 0 Å². The zero-order valence-electron chi connectivity index (χ0n) is 7.96. The largest absolute Gasteiger partial charge is 0.398 e. The van der Waals surface area contributed by atoms with Gasteiger partial charge in [0, 0.05) is 12.2 Å². The van der Waals surface area contributed by atoms with Gasteiger partial charge < -0.3 is 11.5 Å². The van der Waals surface area contributed by atoms with Crippen molar-refractivity contribution in [2.24, 2.45) is 5.73 Å². The second kappa shape index (κ2) is 4.67. The fourth-order valence-electron chi connectivity index (χ4n) is 1.18. The normalized spacial score (nSPS) is 10.9. The van der Waals surface area contributed by atoms with E-state index in [9.17, 15) is 0 Å². The Morgan fingerprint density at radius 3 is 2.77 bits per heavy atom. The van der Waals surface area contributed by atoms with Crippen molar-refractivity contribution >= 4 is 11.8 Å². The minimum absolute atomic E-state index is 0.551. The standard InChI is InChI=1S/C11H16N2/c1-2-9-5-6-11(13)10(8-9)4-3-7-12/h3-6,8H,2,7,12-13H2,1H3. The molecule has 0 aliphatic carbocycles. The van der Waals surface area contributed by atoms with Gasteiger partial charge in [-0.1, -0.05) is 25.1 Å². The smallest absolute Gasteiger partial charge is 0.0387 e. The molecule has 0 unspecified atom stereocenters. The second-order valence-corrected chi connectivity index (χ2v) is 2.95. The third kappa shape index (κ3) is 2.60. The number of hydrogen-bond acceptors (Lipinski definition) is 2. The SMILES string of the molecule is CCc1ccc(N)c(C=CCN)c1. The van der Waals surface area contributed by atoms with Crippen molar-refractivity contribution < 1.29 is 0 Å². The van der Waals surface area contributed by atoms with E-state index in [2.05, 4.69) is 19.1 Å². The lowest BCUT2D eigenvalue weighted by molar-refractivity contribution is 1.14. The summed E-state index contributed by atoms with van der Waals surface area (Å²) in [6.45, 7) is 2.68. The summed E-state index contributed by atoms with van der Waals surface area (Å²) in [5.41, 5.74) is 14.3. The van der Waals surface area contributed by atoms with Crippen LogP contribution in [0, 0.1) is 0 Å². The Hall–Kier alpha value is -1.28. The molecule has 0 aromatic heterocycles. The van der Waals surface area contributed by atoms with E-state index in [0.717, 1.165) is 17.7 Å². The third-order valence-electron chi connectivity index (χ3n) is 1.99. The van der Waals surface area contributed by atoms with Crippen molar-refractivity contribution in [3.8, 4) is 0 Å². The lowest BCUT2D eigenvalue weighted by Gasteiger charge is -2.02. The summed E-state index contributed by atoms with van der Waals surface area (Å²) in [5.74, 6) is 0. The molecule has 0 amide bonds. The molecule has 0 saturated carbocycles. The van der Waals surface area contributed by atoms with Crippen LogP contribution < -0.4 is 11.5 Å². The topological polar surface area (TPSA) is 52.0 Å². The van der Waals surface area contributed by atoms with Gasteiger partial charge in [-0.15, -0.1) is 0 Å². The molecule has 0 radical (unpaired) electrons. The van der Waals surface area contributed by atoms with Gasteiger partial charge in [0.15, 0.2) is 0 Å². The van der Waals surface area contributed by atoms with Crippen molar-refractivity contribution in [3.05, 3.63) is 35.4 Å². The van der Waals surface area contributed by atoms with E-state index in [1.54, 1.807) is 0 Å². The van der Waals surface area contributed by atoms with Crippen LogP contribution in [0.3, 0.4) is 0 Å². The highest BCUT2D eigenvalue weighted by Gasteiger charge is 1.95. The predicted molar refractivity (Wildman–Crippen MR) is 58.3 cm³/mol. The highest BCUT2D eigenvalue weighted by molar-refractivity contribution is 5.65. The molecule has 70 valence electrons. The quantitative estimate of drug-likeness (QED) is 0.690. The average Bonchev–Trinajstić information content (AvgIpc) is 2.17. The van der Waals surface area contributed by atoms with Crippen molar-refractivity contribution in [2.75, 3.05) is 12.3 Å². The van der Waals surface area contributed by atoms with Crippen LogP contribution >= 0.6 is 0 Å². The number of rotatable bonds is 3. The van der Waals surface area contributed by atoms with Crippen LogP contribution in [0.2, 0.25) is 0 Å². The zero-order chi connectivity index (χ0) is 9.68. The molecule has 0 bridgehead atoms. The van der Waals surface area contributed by atoms with Gasteiger partial charge in [-0.05, 0) is 29.7 Å². The Labute approximate surface area is 79.2 Å². The van der Waals surface area contributed by atoms with Crippen molar-refractivity contribution in [3.63, 3.8) is 0 Å². The fraction of sp³-hybridized carbons (Fsp3) is 0.273. The van der Waals surface area contributed by atoms with E-state index in [4.69, 9.17) is 11.5 Å². The monoisotopic (exact) mass is 176 g/mol. The van der Waals surface area contributed by atoms with Crippen LogP contribution in [0.5, 0.6) is 0 Å². The fourth-order valence-corrected chi connectivity index (χ4v) is 1.18. The summed E-state index contributed by atoms with van der Waals surface area (Å²) in [7, 11) is 0. The van der Waals surface area contributed by atoms with Gasteiger partial charge in [0.2, 0.25) is 0 Å². The summed E-state index contributed by atoms with van der Waals surface area (Å²) in [6, 6.07) is 6.09. The molecule has 0 spiro atoms. The third-order valence-corrected chi connectivity index (χ3v) is 1.99. The van der Waals surface area contributed by atoms with Gasteiger partial charge in [-0.3, -0.25) is 0 Å². The Bertz CT molecular complexity index is 303. The molecule has 1 rings (SSSR count). The first-order valence-corrected chi connectivity index (χ1v) is 4.53. The Morgan fingerprint density at radius 2 is 2.15 bits per heavy atom. The average molecular weight is 176 g/mol. The van der Waals surface area contributed by atoms with Crippen LogP contribution in [0.1, 0.15) is 18.1 Å². The molecular formula is C11H16N2. The van der Waals surface area contributed by atoms with Crippen LogP contribution in [-0.4, -0.2) is 6.54 Å². The lowest BCUT2D eigenvalue weighted by Crippen LogP contribution is -1.94. The van der Waals surface area contributed by atoms with Gasteiger partial charge >= 0.3 is 0 Å². The van der Waals surface area contributed by atoms with Gasteiger partial charge in [0.25, 0.3) is 0 Å². The zero-order valence-corrected chi connectivity index (χ0v) is 7.96. The molecule has 0 aliphatic rings. The molecule has 0 fully saturated rings. The Morgan fingerprint density at radius 1 is 1.38 bits per heavy atom. The van der Waals surface area contributed by atoms with Crippen molar-refractivity contribution in [2.45, 2.75) is 13.3 Å².